The zero-order valence-electron chi connectivity index (χ0n) is 15.3. The van der Waals surface area contributed by atoms with Gasteiger partial charge in [0.05, 0.1) is 18.3 Å². The third-order valence-corrected chi connectivity index (χ3v) is 4.29. The molecule has 3 heterocycles. The first kappa shape index (κ1) is 17.4. The summed E-state index contributed by atoms with van der Waals surface area (Å²) in [6, 6.07) is 2.19. The SMILES string of the molecule is Cc1cc(N2CCC[C@@H](OC(=O)c3cnn(C(C)C)c3)C2)nc(C)n1. The number of hydrogen-bond acceptors (Lipinski definition) is 6. The minimum atomic E-state index is -0.311. The van der Waals surface area contributed by atoms with E-state index in [1.807, 2.05) is 33.8 Å². The third-order valence-electron chi connectivity index (χ3n) is 4.29. The number of carbonyl (C=O) groups is 1. The predicted octanol–water partition coefficient (Wildman–Crippen LogP) is 2.70. The number of piperidine rings is 1. The molecule has 1 atom stereocenters. The van der Waals surface area contributed by atoms with Crippen LogP contribution in [0.25, 0.3) is 0 Å². The van der Waals surface area contributed by atoms with E-state index >= 15 is 0 Å². The number of esters is 1. The zero-order valence-corrected chi connectivity index (χ0v) is 15.3. The zero-order chi connectivity index (χ0) is 18.0. The number of anilines is 1. The molecule has 0 bridgehead atoms. The van der Waals surface area contributed by atoms with Crippen molar-refractivity contribution in [3.8, 4) is 0 Å². The molecule has 7 heteroatoms. The minimum absolute atomic E-state index is 0.140. The van der Waals surface area contributed by atoms with Gasteiger partial charge in [0.2, 0.25) is 0 Å². The molecule has 3 rings (SSSR count). The summed E-state index contributed by atoms with van der Waals surface area (Å²) in [6.45, 7) is 9.46. The van der Waals surface area contributed by atoms with Crippen LogP contribution in [0.2, 0.25) is 0 Å². The van der Waals surface area contributed by atoms with E-state index in [9.17, 15) is 4.79 Å². The van der Waals surface area contributed by atoms with Crippen molar-refractivity contribution < 1.29 is 9.53 Å². The van der Waals surface area contributed by atoms with E-state index in [2.05, 4.69) is 20.0 Å². The van der Waals surface area contributed by atoms with Crippen molar-refractivity contribution >= 4 is 11.8 Å². The molecule has 0 amide bonds. The molecular formula is C18H25N5O2. The summed E-state index contributed by atoms with van der Waals surface area (Å²) in [5.74, 6) is 1.35. The van der Waals surface area contributed by atoms with Crippen LogP contribution in [0.5, 0.6) is 0 Å². The van der Waals surface area contributed by atoms with E-state index in [0.717, 1.165) is 36.7 Å². The van der Waals surface area contributed by atoms with Gasteiger partial charge in [-0.3, -0.25) is 4.68 Å². The molecule has 25 heavy (non-hydrogen) atoms. The molecule has 0 unspecified atom stereocenters. The van der Waals surface area contributed by atoms with Crippen molar-refractivity contribution in [3.05, 3.63) is 35.5 Å². The maximum atomic E-state index is 12.4. The van der Waals surface area contributed by atoms with Crippen LogP contribution in [0.3, 0.4) is 0 Å². The van der Waals surface area contributed by atoms with Gasteiger partial charge in [-0.2, -0.15) is 5.10 Å². The second-order valence-corrected chi connectivity index (χ2v) is 6.83. The Morgan fingerprint density at radius 2 is 2.12 bits per heavy atom. The largest absolute Gasteiger partial charge is 0.457 e. The molecule has 0 radical (unpaired) electrons. The van der Waals surface area contributed by atoms with Gasteiger partial charge >= 0.3 is 5.97 Å². The molecule has 1 saturated heterocycles. The highest BCUT2D eigenvalue weighted by Crippen LogP contribution is 2.21. The van der Waals surface area contributed by atoms with E-state index in [4.69, 9.17) is 4.74 Å². The van der Waals surface area contributed by atoms with Crippen LogP contribution in [-0.2, 0) is 4.74 Å². The number of nitrogens with zero attached hydrogens (tertiary/aromatic N) is 5. The lowest BCUT2D eigenvalue weighted by Gasteiger charge is -2.33. The second-order valence-electron chi connectivity index (χ2n) is 6.83. The molecule has 2 aromatic heterocycles. The van der Waals surface area contributed by atoms with Crippen molar-refractivity contribution in [2.24, 2.45) is 0 Å². The number of carbonyl (C=O) groups excluding carboxylic acids is 1. The Morgan fingerprint density at radius 3 is 2.80 bits per heavy atom. The van der Waals surface area contributed by atoms with E-state index in [1.54, 1.807) is 17.1 Å². The van der Waals surface area contributed by atoms with E-state index in [0.29, 0.717) is 12.1 Å². The van der Waals surface area contributed by atoms with Crippen molar-refractivity contribution in [3.63, 3.8) is 0 Å². The number of hydrogen-bond donors (Lipinski definition) is 0. The molecule has 134 valence electrons. The fourth-order valence-corrected chi connectivity index (χ4v) is 3.05. The lowest BCUT2D eigenvalue weighted by molar-refractivity contribution is 0.0269. The molecule has 7 nitrogen and oxygen atoms in total. The molecule has 0 saturated carbocycles. The molecule has 1 aliphatic heterocycles. The molecule has 0 aromatic carbocycles. The van der Waals surface area contributed by atoms with Crippen molar-refractivity contribution in [2.75, 3.05) is 18.0 Å². The number of aryl methyl sites for hydroxylation is 2. The van der Waals surface area contributed by atoms with Gasteiger partial charge < -0.3 is 9.64 Å². The van der Waals surface area contributed by atoms with Crippen molar-refractivity contribution in [2.45, 2.75) is 52.7 Å². The van der Waals surface area contributed by atoms with Crippen LogP contribution < -0.4 is 4.90 Å². The molecule has 1 fully saturated rings. The number of rotatable bonds is 4. The van der Waals surface area contributed by atoms with Crippen LogP contribution in [0.4, 0.5) is 5.82 Å². The Bertz CT molecular complexity index is 735. The first-order chi connectivity index (χ1) is 11.9. The molecule has 2 aromatic rings. The average Bonchev–Trinajstić information content (AvgIpc) is 3.04. The first-order valence-electron chi connectivity index (χ1n) is 8.74. The van der Waals surface area contributed by atoms with Gasteiger partial charge in [-0.1, -0.05) is 0 Å². The summed E-state index contributed by atoms with van der Waals surface area (Å²) >= 11 is 0. The van der Waals surface area contributed by atoms with E-state index in [1.165, 1.54) is 0 Å². The normalized spacial score (nSPS) is 17.8. The summed E-state index contributed by atoms with van der Waals surface area (Å²) in [5.41, 5.74) is 1.45. The van der Waals surface area contributed by atoms with Gasteiger partial charge in [0.1, 0.15) is 17.7 Å². The summed E-state index contributed by atoms with van der Waals surface area (Å²) in [4.78, 5) is 23.4. The highest BCUT2D eigenvalue weighted by atomic mass is 16.5. The van der Waals surface area contributed by atoms with Crippen LogP contribution in [0, 0.1) is 13.8 Å². The quantitative estimate of drug-likeness (QED) is 0.795. The Kier molecular flexibility index (Phi) is 5.01. The minimum Gasteiger partial charge on any atom is -0.457 e. The fourth-order valence-electron chi connectivity index (χ4n) is 3.05. The average molecular weight is 343 g/mol. The van der Waals surface area contributed by atoms with Gasteiger partial charge in [0.25, 0.3) is 0 Å². The monoisotopic (exact) mass is 343 g/mol. The maximum absolute atomic E-state index is 12.4. The van der Waals surface area contributed by atoms with Crippen LogP contribution in [-0.4, -0.2) is 44.9 Å². The topological polar surface area (TPSA) is 73.1 Å². The lowest BCUT2D eigenvalue weighted by Crippen LogP contribution is -2.41. The van der Waals surface area contributed by atoms with E-state index in [-0.39, 0.29) is 18.1 Å². The standard InChI is InChI=1S/C18H25N5O2/c1-12(2)23-10-15(9-19-23)18(24)25-16-6-5-7-22(11-16)17-8-13(3)20-14(4)21-17/h8-10,12,16H,5-7,11H2,1-4H3/t16-/m1/s1. The van der Waals surface area contributed by atoms with Gasteiger partial charge in [0.15, 0.2) is 0 Å². The number of ether oxygens (including phenoxy) is 1. The predicted molar refractivity (Wildman–Crippen MR) is 94.8 cm³/mol. The Balaban J connectivity index is 1.65. The van der Waals surface area contributed by atoms with Crippen LogP contribution >= 0.6 is 0 Å². The van der Waals surface area contributed by atoms with Gasteiger partial charge in [-0.05, 0) is 40.5 Å². The summed E-state index contributed by atoms with van der Waals surface area (Å²) < 4.78 is 7.47. The second kappa shape index (κ2) is 7.21. The molecular weight excluding hydrogens is 318 g/mol. The molecule has 0 N–H and O–H groups in total. The van der Waals surface area contributed by atoms with Gasteiger partial charge in [0, 0.05) is 30.5 Å². The lowest BCUT2D eigenvalue weighted by atomic mass is 10.1. The van der Waals surface area contributed by atoms with E-state index < -0.39 is 0 Å². The maximum Gasteiger partial charge on any atom is 0.341 e. The van der Waals surface area contributed by atoms with Crippen LogP contribution in [0.15, 0.2) is 18.5 Å². The summed E-state index contributed by atoms with van der Waals surface area (Å²) in [6.07, 6.45) is 5.00. The van der Waals surface area contributed by atoms with Crippen LogP contribution in [0.1, 0.15) is 54.6 Å². The molecule has 1 aliphatic rings. The Morgan fingerprint density at radius 1 is 1.32 bits per heavy atom. The van der Waals surface area contributed by atoms with Gasteiger partial charge in [-0.15, -0.1) is 0 Å². The smallest absolute Gasteiger partial charge is 0.341 e. The summed E-state index contributed by atoms with van der Waals surface area (Å²) in [5, 5.41) is 4.20. The van der Waals surface area contributed by atoms with Crippen molar-refractivity contribution in [1.82, 2.24) is 19.7 Å². The Labute approximate surface area is 148 Å². The first-order valence-corrected chi connectivity index (χ1v) is 8.74. The Hall–Kier alpha value is -2.44. The number of aromatic nitrogens is 4. The van der Waals surface area contributed by atoms with Crippen molar-refractivity contribution in [1.29, 1.82) is 0 Å². The third kappa shape index (κ3) is 4.15. The molecule has 0 spiro atoms. The molecule has 0 aliphatic carbocycles. The highest BCUT2D eigenvalue weighted by Gasteiger charge is 2.25. The summed E-state index contributed by atoms with van der Waals surface area (Å²) in [7, 11) is 0. The fraction of sp³-hybridized carbons (Fsp3) is 0.556. The highest BCUT2D eigenvalue weighted by molar-refractivity contribution is 5.88. The van der Waals surface area contributed by atoms with Gasteiger partial charge in [-0.25, -0.2) is 14.8 Å².